The van der Waals surface area contributed by atoms with Crippen LogP contribution in [0.2, 0.25) is 0 Å². The zero-order valence-corrected chi connectivity index (χ0v) is 9.64. The molecule has 0 spiro atoms. The molecule has 0 radical (unpaired) electrons. The summed E-state index contributed by atoms with van der Waals surface area (Å²) in [5.74, 6) is 0. The first-order chi connectivity index (χ1) is 4.58. The van der Waals surface area contributed by atoms with E-state index in [-0.39, 0.29) is 0 Å². The van der Waals surface area contributed by atoms with Gasteiger partial charge in [0.1, 0.15) is 0 Å². The minimum absolute atomic E-state index is 0.550. The molecule has 0 atom stereocenters. The van der Waals surface area contributed by atoms with Crippen molar-refractivity contribution in [2.24, 2.45) is 0 Å². The average Bonchev–Trinajstić information content (AvgIpc) is 2.12. The van der Waals surface area contributed by atoms with Gasteiger partial charge in [0.15, 0.2) is 0 Å². The molecule has 0 saturated carbocycles. The second-order valence-electron chi connectivity index (χ2n) is 2.06. The van der Waals surface area contributed by atoms with Crippen LogP contribution in [-0.2, 0) is 0 Å². The standard InChI is InChI=1S/C5H5.CF3.Tl/c1-2-4-5-3-1;2-1(3)4;/h1-3H,4H2;;. The van der Waals surface area contributed by atoms with E-state index in [1.165, 1.54) is 0 Å². The first-order valence-electron chi connectivity index (χ1n) is 2.86. The van der Waals surface area contributed by atoms with Gasteiger partial charge >= 0.3 is 68.9 Å². The summed E-state index contributed by atoms with van der Waals surface area (Å²) in [6.07, 6.45) is 5.65. The second kappa shape index (κ2) is 3.06. The van der Waals surface area contributed by atoms with Gasteiger partial charge in [-0.15, -0.1) is 0 Å². The van der Waals surface area contributed by atoms with Crippen LogP contribution in [-0.4, -0.2) is 28.0 Å². The molecule has 1 aliphatic rings. The molecule has 0 aliphatic heterocycles. The Bertz CT molecular complexity index is 178. The van der Waals surface area contributed by atoms with Gasteiger partial charge < -0.3 is 0 Å². The van der Waals surface area contributed by atoms with Crippen LogP contribution in [0, 0.1) is 0 Å². The summed E-state index contributed by atoms with van der Waals surface area (Å²) < 4.78 is 32.0. The summed E-state index contributed by atoms with van der Waals surface area (Å²) in [7, 11) is 0. The van der Waals surface area contributed by atoms with Gasteiger partial charge in [0.2, 0.25) is 0 Å². The number of hydrogen-bond donors (Lipinski definition) is 0. The van der Waals surface area contributed by atoms with E-state index in [4.69, 9.17) is 0 Å². The minimum atomic E-state index is -3.84. The summed E-state index contributed by atoms with van der Waals surface area (Å²) in [4.78, 5) is 0. The fraction of sp³-hybridized carbons (Fsp3) is 0.333. The number of allylic oxidation sites excluding steroid dienone is 4. The fourth-order valence-electron chi connectivity index (χ4n) is 0.781. The van der Waals surface area contributed by atoms with Crippen LogP contribution in [0.15, 0.2) is 21.4 Å². The summed E-state index contributed by atoms with van der Waals surface area (Å²) in [5, 5.41) is 0. The maximum absolute atomic E-state index is 11.7. The number of rotatable bonds is 1. The Kier molecular flexibility index (Phi) is 2.54. The van der Waals surface area contributed by atoms with E-state index in [0.29, 0.717) is 9.55 Å². The Morgan fingerprint density at radius 2 is 2.10 bits per heavy atom. The van der Waals surface area contributed by atoms with Crippen molar-refractivity contribution in [1.82, 2.24) is 0 Å². The molecule has 1 rings (SSSR count). The van der Waals surface area contributed by atoms with Gasteiger partial charge in [0.25, 0.3) is 0 Å². The molecular weight excluding hydrogens is 333 g/mol. The average molecular weight is 338 g/mol. The molecule has 53 valence electrons. The van der Waals surface area contributed by atoms with Crippen LogP contribution in [0.1, 0.15) is 6.42 Å². The van der Waals surface area contributed by atoms with Crippen LogP contribution in [0.25, 0.3) is 0 Å². The third-order valence-corrected chi connectivity index (χ3v) is 5.53. The molecule has 0 saturated heterocycles. The van der Waals surface area contributed by atoms with Gasteiger partial charge in [0, 0.05) is 0 Å². The summed E-state index contributed by atoms with van der Waals surface area (Å²) >= 11 is -2.58. The first-order valence-corrected chi connectivity index (χ1v) is 7.35. The third-order valence-electron chi connectivity index (χ3n) is 1.15. The van der Waals surface area contributed by atoms with Crippen molar-refractivity contribution in [3.63, 3.8) is 0 Å². The molecule has 0 aromatic carbocycles. The molecule has 0 fully saturated rings. The van der Waals surface area contributed by atoms with Gasteiger partial charge in [-0.3, -0.25) is 0 Å². The first kappa shape index (κ1) is 8.29. The molecule has 0 unspecified atom stereocenters. The predicted octanol–water partition coefficient (Wildman–Crippen LogP) is 2.05. The normalized spacial score (nSPS) is 16.9. The van der Waals surface area contributed by atoms with Crippen molar-refractivity contribution in [2.45, 2.75) is 10.2 Å². The molecule has 0 nitrogen and oxygen atoms in total. The summed E-state index contributed by atoms with van der Waals surface area (Å²) in [6.45, 7) is 0. The Morgan fingerprint density at radius 1 is 1.40 bits per heavy atom. The van der Waals surface area contributed by atoms with Crippen LogP contribution in [0.5, 0.6) is 0 Å². The van der Waals surface area contributed by atoms with Crippen LogP contribution < -0.4 is 0 Å². The Labute approximate surface area is 69.0 Å². The number of halogens is 3. The van der Waals surface area contributed by atoms with Crippen molar-refractivity contribution in [1.29, 1.82) is 0 Å². The van der Waals surface area contributed by atoms with Crippen molar-refractivity contribution in [2.75, 3.05) is 0 Å². The van der Waals surface area contributed by atoms with Gasteiger partial charge in [-0.1, -0.05) is 0 Å². The SMILES string of the molecule is F[C](F)(F)[Tl][C]1=CC=CC1. The van der Waals surface area contributed by atoms with E-state index in [0.717, 1.165) is 0 Å². The molecule has 10 heavy (non-hydrogen) atoms. The Balaban J connectivity index is 2.41. The monoisotopic (exact) mass is 339 g/mol. The quantitative estimate of drug-likeness (QED) is 0.642. The van der Waals surface area contributed by atoms with Gasteiger partial charge in [-0.2, -0.15) is 0 Å². The molecule has 0 aromatic rings. The van der Waals surface area contributed by atoms with Crippen molar-refractivity contribution >= 4 is 24.2 Å². The fourth-order valence-corrected chi connectivity index (χ4v) is 4.21. The van der Waals surface area contributed by atoms with Crippen LogP contribution >= 0.6 is 0 Å². The van der Waals surface area contributed by atoms with Crippen molar-refractivity contribution in [3.05, 3.63) is 21.4 Å². The van der Waals surface area contributed by atoms with Crippen LogP contribution in [0.3, 0.4) is 0 Å². The number of alkyl halides is 3. The second-order valence-corrected chi connectivity index (χ2v) is 8.61. The topological polar surface area (TPSA) is 0 Å². The summed E-state index contributed by atoms with van der Waals surface area (Å²) in [6, 6.07) is 0. The number of hydrogen-bond acceptors (Lipinski definition) is 0. The third kappa shape index (κ3) is 2.85. The van der Waals surface area contributed by atoms with Crippen molar-refractivity contribution < 1.29 is 13.2 Å². The Morgan fingerprint density at radius 3 is 2.50 bits per heavy atom. The van der Waals surface area contributed by atoms with E-state index in [1.807, 2.05) is 0 Å². The van der Waals surface area contributed by atoms with Crippen molar-refractivity contribution in [3.8, 4) is 0 Å². The molecule has 0 amide bonds. The van der Waals surface area contributed by atoms with Gasteiger partial charge in [-0.25, -0.2) is 0 Å². The van der Waals surface area contributed by atoms with E-state index < -0.39 is 28.0 Å². The van der Waals surface area contributed by atoms with Gasteiger partial charge in [0.05, 0.1) is 0 Å². The molecular formula is C6H5F3Tl. The van der Waals surface area contributed by atoms with E-state index in [2.05, 4.69) is 0 Å². The zero-order chi connectivity index (χ0) is 7.61. The zero-order valence-electron chi connectivity index (χ0n) is 5.15. The molecule has 0 N–H and O–H groups in total. The van der Waals surface area contributed by atoms with E-state index >= 15 is 0 Å². The van der Waals surface area contributed by atoms with Crippen LogP contribution in [0.4, 0.5) is 13.2 Å². The molecule has 0 bridgehead atoms. The van der Waals surface area contributed by atoms with E-state index in [9.17, 15) is 13.2 Å². The summed E-state index contributed by atoms with van der Waals surface area (Å²) in [5.41, 5.74) is 0. The molecule has 0 heterocycles. The van der Waals surface area contributed by atoms with E-state index in [1.54, 1.807) is 18.2 Å². The molecule has 0 aromatic heterocycles. The maximum atomic E-state index is 11.7. The Hall–Kier alpha value is 0.192. The van der Waals surface area contributed by atoms with Gasteiger partial charge in [-0.05, 0) is 0 Å². The predicted molar refractivity (Wildman–Crippen MR) is 33.6 cm³/mol. The molecule has 4 heteroatoms. The molecule has 1 aliphatic carbocycles.